The van der Waals surface area contributed by atoms with Crippen LogP contribution in [-0.4, -0.2) is 33.7 Å². The minimum Gasteiger partial charge on any atom is -0.372 e. The summed E-state index contributed by atoms with van der Waals surface area (Å²) in [6.45, 7) is 7.85. The van der Waals surface area contributed by atoms with Gasteiger partial charge < -0.3 is 10.2 Å². The maximum atomic E-state index is 12.5. The molecule has 1 atom stereocenters. The molecular formula is C17H23N5O3. The van der Waals surface area contributed by atoms with E-state index in [0.29, 0.717) is 12.1 Å². The van der Waals surface area contributed by atoms with E-state index >= 15 is 0 Å². The van der Waals surface area contributed by atoms with Crippen molar-refractivity contribution in [2.24, 2.45) is 0 Å². The Kier molecular flexibility index (Phi) is 6.10. The lowest BCUT2D eigenvalue weighted by atomic mass is 10.2. The smallest absolute Gasteiger partial charge is 0.307 e. The molecule has 1 aromatic carbocycles. The number of nitrogens with zero attached hydrogens (tertiary/aromatic N) is 4. The second-order valence-electron chi connectivity index (χ2n) is 5.57. The van der Waals surface area contributed by atoms with Gasteiger partial charge in [-0.2, -0.15) is 5.10 Å². The molecule has 134 valence electrons. The normalized spacial score (nSPS) is 11.8. The molecule has 1 amide bonds. The molecule has 0 aliphatic heterocycles. The lowest BCUT2D eigenvalue weighted by molar-refractivity contribution is -0.385. The van der Waals surface area contributed by atoms with Crippen molar-refractivity contribution < 1.29 is 9.72 Å². The number of nitrogens with one attached hydrogen (secondary N) is 1. The highest BCUT2D eigenvalue weighted by atomic mass is 16.6. The van der Waals surface area contributed by atoms with Gasteiger partial charge in [0.25, 0.3) is 0 Å². The number of anilines is 2. The zero-order valence-electron chi connectivity index (χ0n) is 14.7. The van der Waals surface area contributed by atoms with E-state index < -0.39 is 11.0 Å². The average molecular weight is 345 g/mol. The Bertz CT molecular complexity index is 722. The van der Waals surface area contributed by atoms with Gasteiger partial charge in [-0.15, -0.1) is 0 Å². The Labute approximate surface area is 146 Å². The lowest BCUT2D eigenvalue weighted by Crippen LogP contribution is -2.26. The number of hydrogen-bond donors (Lipinski definition) is 1. The van der Waals surface area contributed by atoms with Crippen molar-refractivity contribution in [3.63, 3.8) is 0 Å². The first-order valence-corrected chi connectivity index (χ1v) is 8.34. The van der Waals surface area contributed by atoms with Crippen LogP contribution in [0.3, 0.4) is 0 Å². The number of benzene rings is 1. The van der Waals surface area contributed by atoms with Gasteiger partial charge in [0.05, 0.1) is 4.92 Å². The third-order valence-corrected chi connectivity index (χ3v) is 4.07. The molecule has 0 aliphatic carbocycles. The van der Waals surface area contributed by atoms with Crippen LogP contribution >= 0.6 is 0 Å². The first-order chi connectivity index (χ1) is 12.0. The number of nitro groups is 1. The highest BCUT2D eigenvalue weighted by Crippen LogP contribution is 2.21. The fourth-order valence-electron chi connectivity index (χ4n) is 2.66. The molecule has 0 aliphatic rings. The maximum absolute atomic E-state index is 12.5. The summed E-state index contributed by atoms with van der Waals surface area (Å²) in [6, 6.07) is 7.02. The SMILES string of the molecule is CCC(C(=O)Nc1ccc(N(CC)CC)cc1)n1cc([N+](=O)[O-])cn1. The predicted octanol–water partition coefficient (Wildman–Crippen LogP) is 3.23. The van der Waals surface area contributed by atoms with Gasteiger partial charge in [0.2, 0.25) is 5.91 Å². The Hall–Kier alpha value is -2.90. The van der Waals surface area contributed by atoms with E-state index in [9.17, 15) is 14.9 Å². The molecule has 8 heteroatoms. The second kappa shape index (κ2) is 8.27. The van der Waals surface area contributed by atoms with Crippen molar-refractivity contribution in [2.45, 2.75) is 33.2 Å². The molecule has 2 rings (SSSR count). The summed E-state index contributed by atoms with van der Waals surface area (Å²) in [7, 11) is 0. The first-order valence-electron chi connectivity index (χ1n) is 8.34. The number of hydrogen-bond acceptors (Lipinski definition) is 5. The van der Waals surface area contributed by atoms with Gasteiger partial charge in [0.1, 0.15) is 18.4 Å². The molecule has 1 heterocycles. The molecule has 0 fully saturated rings. The largest absolute Gasteiger partial charge is 0.372 e. The molecule has 0 saturated heterocycles. The Balaban J connectivity index is 2.09. The van der Waals surface area contributed by atoms with Crippen LogP contribution in [0.2, 0.25) is 0 Å². The van der Waals surface area contributed by atoms with Crippen molar-refractivity contribution in [3.05, 3.63) is 46.8 Å². The van der Waals surface area contributed by atoms with Gasteiger partial charge in [-0.1, -0.05) is 6.92 Å². The summed E-state index contributed by atoms with van der Waals surface area (Å²) in [5.74, 6) is -0.254. The fraction of sp³-hybridized carbons (Fsp3) is 0.412. The number of rotatable bonds is 8. The summed E-state index contributed by atoms with van der Waals surface area (Å²) in [5.41, 5.74) is 1.65. The highest BCUT2D eigenvalue weighted by molar-refractivity contribution is 5.93. The quantitative estimate of drug-likeness (QED) is 0.585. The zero-order chi connectivity index (χ0) is 18.4. The van der Waals surface area contributed by atoms with Gasteiger partial charge in [-0.25, -0.2) is 0 Å². The summed E-state index contributed by atoms with van der Waals surface area (Å²) in [4.78, 5) is 25.0. The second-order valence-corrected chi connectivity index (χ2v) is 5.57. The van der Waals surface area contributed by atoms with E-state index in [2.05, 4.69) is 29.2 Å². The minimum absolute atomic E-state index is 0.130. The molecule has 0 spiro atoms. The first kappa shape index (κ1) is 18.4. The third kappa shape index (κ3) is 4.34. The van der Waals surface area contributed by atoms with E-state index in [1.165, 1.54) is 10.9 Å². The predicted molar refractivity (Wildman–Crippen MR) is 96.8 cm³/mol. The van der Waals surface area contributed by atoms with Crippen molar-refractivity contribution in [2.75, 3.05) is 23.3 Å². The maximum Gasteiger partial charge on any atom is 0.307 e. The standard InChI is InChI=1S/C17H23N5O3/c1-4-16(21-12-15(11-18-21)22(24)25)17(23)19-13-7-9-14(10-8-13)20(5-2)6-3/h7-12,16H,4-6H2,1-3H3,(H,19,23). The molecule has 1 unspecified atom stereocenters. The van der Waals surface area contributed by atoms with Gasteiger partial charge in [-0.3, -0.25) is 19.6 Å². The molecule has 1 aromatic heterocycles. The van der Waals surface area contributed by atoms with Crippen molar-refractivity contribution in [1.82, 2.24) is 9.78 Å². The molecule has 0 bridgehead atoms. The average Bonchev–Trinajstić information content (AvgIpc) is 3.08. The van der Waals surface area contributed by atoms with Crippen LogP contribution in [-0.2, 0) is 4.79 Å². The highest BCUT2D eigenvalue weighted by Gasteiger charge is 2.22. The van der Waals surface area contributed by atoms with Crippen LogP contribution in [0.5, 0.6) is 0 Å². The number of carbonyl (C=O) groups is 1. The summed E-state index contributed by atoms with van der Waals surface area (Å²) in [6.07, 6.45) is 2.90. The lowest BCUT2D eigenvalue weighted by Gasteiger charge is -2.21. The number of amides is 1. The van der Waals surface area contributed by atoms with Gasteiger partial charge >= 0.3 is 5.69 Å². The van der Waals surface area contributed by atoms with Crippen LogP contribution < -0.4 is 10.2 Å². The monoisotopic (exact) mass is 345 g/mol. The van der Waals surface area contributed by atoms with Crippen LogP contribution in [0, 0.1) is 10.1 Å². The van der Waals surface area contributed by atoms with Crippen molar-refractivity contribution in [1.29, 1.82) is 0 Å². The Morgan fingerprint density at radius 2 is 1.92 bits per heavy atom. The molecular weight excluding hydrogens is 322 g/mol. The molecule has 25 heavy (non-hydrogen) atoms. The Morgan fingerprint density at radius 3 is 2.40 bits per heavy atom. The van der Waals surface area contributed by atoms with E-state index in [0.717, 1.165) is 25.0 Å². The minimum atomic E-state index is -0.601. The summed E-state index contributed by atoms with van der Waals surface area (Å²) in [5, 5.41) is 17.6. The molecule has 2 aromatic rings. The molecule has 1 N–H and O–H groups in total. The van der Waals surface area contributed by atoms with Crippen molar-refractivity contribution >= 4 is 23.0 Å². The summed E-state index contributed by atoms with van der Waals surface area (Å²) < 4.78 is 1.33. The molecule has 8 nitrogen and oxygen atoms in total. The van der Waals surface area contributed by atoms with Crippen LogP contribution in [0.15, 0.2) is 36.7 Å². The van der Waals surface area contributed by atoms with E-state index in [1.54, 1.807) is 0 Å². The van der Waals surface area contributed by atoms with Crippen LogP contribution in [0.1, 0.15) is 33.2 Å². The van der Waals surface area contributed by atoms with E-state index in [1.807, 2.05) is 31.2 Å². The van der Waals surface area contributed by atoms with Crippen LogP contribution in [0.25, 0.3) is 0 Å². The summed E-state index contributed by atoms with van der Waals surface area (Å²) >= 11 is 0. The van der Waals surface area contributed by atoms with E-state index in [-0.39, 0.29) is 11.6 Å². The molecule has 0 radical (unpaired) electrons. The van der Waals surface area contributed by atoms with Crippen LogP contribution in [0.4, 0.5) is 17.1 Å². The molecule has 0 saturated carbocycles. The van der Waals surface area contributed by atoms with Gasteiger partial charge in [0.15, 0.2) is 0 Å². The van der Waals surface area contributed by atoms with E-state index in [4.69, 9.17) is 0 Å². The van der Waals surface area contributed by atoms with Crippen molar-refractivity contribution in [3.8, 4) is 0 Å². The third-order valence-electron chi connectivity index (χ3n) is 4.07. The topological polar surface area (TPSA) is 93.3 Å². The zero-order valence-corrected chi connectivity index (χ0v) is 14.7. The number of carbonyl (C=O) groups excluding carboxylic acids is 1. The number of aromatic nitrogens is 2. The van der Waals surface area contributed by atoms with Gasteiger partial charge in [0, 0.05) is 24.5 Å². The van der Waals surface area contributed by atoms with Gasteiger partial charge in [-0.05, 0) is 44.5 Å². The fourth-order valence-corrected chi connectivity index (χ4v) is 2.66. The Morgan fingerprint density at radius 1 is 1.28 bits per heavy atom.